The van der Waals surface area contributed by atoms with Crippen LogP contribution in [0.3, 0.4) is 0 Å². The van der Waals surface area contributed by atoms with Gasteiger partial charge in [0.2, 0.25) is 0 Å². The topological polar surface area (TPSA) is 47.0 Å². The van der Waals surface area contributed by atoms with Crippen molar-refractivity contribution in [2.45, 2.75) is 12.8 Å². The summed E-state index contributed by atoms with van der Waals surface area (Å²) in [5.74, 6) is 0.792. The van der Waals surface area contributed by atoms with Crippen LogP contribution in [0.5, 0.6) is 0 Å². The number of ether oxygens (including phenoxy) is 1. The lowest BCUT2D eigenvalue weighted by Crippen LogP contribution is -2.11. The second-order valence-electron chi connectivity index (χ2n) is 3.82. The van der Waals surface area contributed by atoms with E-state index in [1.54, 1.807) is 6.07 Å². The average Bonchev–Trinajstić information content (AvgIpc) is 3.06. The molecule has 0 amide bonds. The molecule has 1 aromatic heterocycles. The molecule has 0 saturated heterocycles. The molecule has 1 aromatic rings. The summed E-state index contributed by atoms with van der Waals surface area (Å²) in [6.45, 7) is 2.21. The van der Waals surface area contributed by atoms with Gasteiger partial charge in [-0.3, -0.25) is 0 Å². The molecule has 1 N–H and O–H groups in total. The molecule has 0 atom stereocenters. The van der Waals surface area contributed by atoms with E-state index in [1.165, 1.54) is 12.8 Å². The van der Waals surface area contributed by atoms with E-state index in [0.29, 0.717) is 29.1 Å². The summed E-state index contributed by atoms with van der Waals surface area (Å²) in [6.07, 6.45) is 2.62. The number of nitrogens with one attached hydrogen (secondary N) is 1. The van der Waals surface area contributed by atoms with E-state index >= 15 is 0 Å². The Balaban J connectivity index is 1.69. The van der Waals surface area contributed by atoms with Crippen LogP contribution in [0.4, 0.5) is 5.69 Å². The molecule has 0 unspecified atom stereocenters. The fraction of sp³-hybridized carbons (Fsp3) is 0.600. The minimum atomic E-state index is 0.325. The van der Waals surface area contributed by atoms with Crippen LogP contribution in [0.2, 0.25) is 10.3 Å². The molecule has 6 heteroatoms. The first-order valence-corrected chi connectivity index (χ1v) is 6.01. The van der Waals surface area contributed by atoms with E-state index in [-0.39, 0.29) is 0 Å². The van der Waals surface area contributed by atoms with E-state index in [0.717, 1.165) is 12.5 Å². The Morgan fingerprint density at radius 1 is 1.38 bits per heavy atom. The van der Waals surface area contributed by atoms with Gasteiger partial charge in [0.05, 0.1) is 12.3 Å². The van der Waals surface area contributed by atoms with Gasteiger partial charge in [0, 0.05) is 19.2 Å². The molecule has 0 radical (unpaired) electrons. The number of rotatable bonds is 6. The second-order valence-corrected chi connectivity index (χ2v) is 4.56. The molecule has 0 aromatic carbocycles. The summed E-state index contributed by atoms with van der Waals surface area (Å²) in [4.78, 5) is 0. The molecule has 1 aliphatic rings. The lowest BCUT2D eigenvalue weighted by molar-refractivity contribution is 0.134. The SMILES string of the molecule is Clc1cc(NCCOCC2CC2)c(Cl)nn1. The van der Waals surface area contributed by atoms with Gasteiger partial charge >= 0.3 is 0 Å². The van der Waals surface area contributed by atoms with Gasteiger partial charge in [0.25, 0.3) is 0 Å². The molecule has 1 fully saturated rings. The Kier molecular flexibility index (Phi) is 4.21. The summed E-state index contributed by atoms with van der Waals surface area (Å²) in [5, 5.41) is 11.1. The monoisotopic (exact) mass is 261 g/mol. The first-order chi connectivity index (χ1) is 7.75. The normalized spacial score (nSPS) is 15.1. The molecule has 0 aliphatic heterocycles. The van der Waals surface area contributed by atoms with Gasteiger partial charge in [-0.25, -0.2) is 0 Å². The van der Waals surface area contributed by atoms with Crippen LogP contribution in [-0.2, 0) is 4.74 Å². The molecular formula is C10H13Cl2N3O. The molecule has 1 aliphatic carbocycles. The molecule has 0 bridgehead atoms. The maximum atomic E-state index is 5.83. The van der Waals surface area contributed by atoms with Gasteiger partial charge in [0.15, 0.2) is 10.3 Å². The van der Waals surface area contributed by atoms with Gasteiger partial charge in [-0.15, -0.1) is 10.2 Å². The van der Waals surface area contributed by atoms with Crippen LogP contribution in [0.15, 0.2) is 6.07 Å². The third-order valence-corrected chi connectivity index (χ3v) is 2.80. The zero-order chi connectivity index (χ0) is 11.4. The Morgan fingerprint density at radius 2 is 2.19 bits per heavy atom. The minimum absolute atomic E-state index is 0.325. The zero-order valence-electron chi connectivity index (χ0n) is 8.75. The van der Waals surface area contributed by atoms with Crippen molar-refractivity contribution in [2.24, 2.45) is 5.92 Å². The van der Waals surface area contributed by atoms with Crippen molar-refractivity contribution in [1.29, 1.82) is 0 Å². The Labute approximate surface area is 104 Å². The van der Waals surface area contributed by atoms with Crippen molar-refractivity contribution in [1.82, 2.24) is 10.2 Å². The number of hydrogen-bond acceptors (Lipinski definition) is 4. The van der Waals surface area contributed by atoms with Gasteiger partial charge < -0.3 is 10.1 Å². The van der Waals surface area contributed by atoms with Crippen molar-refractivity contribution in [2.75, 3.05) is 25.1 Å². The summed E-state index contributed by atoms with van der Waals surface area (Å²) in [6, 6.07) is 1.65. The highest BCUT2D eigenvalue weighted by Crippen LogP contribution is 2.28. The standard InChI is InChI=1S/C10H13Cl2N3O/c11-9-5-8(10(12)15-14-9)13-3-4-16-6-7-1-2-7/h5,7H,1-4,6H2,(H,13,14). The van der Waals surface area contributed by atoms with Crippen molar-refractivity contribution < 1.29 is 4.74 Å². The maximum absolute atomic E-state index is 5.83. The highest BCUT2D eigenvalue weighted by atomic mass is 35.5. The zero-order valence-corrected chi connectivity index (χ0v) is 10.3. The lowest BCUT2D eigenvalue weighted by atomic mass is 10.4. The van der Waals surface area contributed by atoms with E-state index < -0.39 is 0 Å². The summed E-state index contributed by atoms with van der Waals surface area (Å²) in [7, 11) is 0. The van der Waals surface area contributed by atoms with Crippen LogP contribution >= 0.6 is 23.2 Å². The Morgan fingerprint density at radius 3 is 2.94 bits per heavy atom. The fourth-order valence-corrected chi connectivity index (χ4v) is 1.58. The Hall–Kier alpha value is -0.580. The quantitative estimate of drug-likeness (QED) is 0.800. The molecule has 1 heterocycles. The molecule has 88 valence electrons. The largest absolute Gasteiger partial charge is 0.380 e. The van der Waals surface area contributed by atoms with Gasteiger partial charge in [-0.2, -0.15) is 0 Å². The molecule has 2 rings (SSSR count). The fourth-order valence-electron chi connectivity index (χ4n) is 1.27. The summed E-state index contributed by atoms with van der Waals surface area (Å²) < 4.78 is 5.47. The van der Waals surface area contributed by atoms with E-state index in [1.807, 2.05) is 0 Å². The Bertz CT molecular complexity index is 358. The molecule has 1 saturated carbocycles. The van der Waals surface area contributed by atoms with Crippen LogP contribution in [-0.4, -0.2) is 30.0 Å². The molecule has 0 spiro atoms. The predicted molar refractivity (Wildman–Crippen MR) is 64.1 cm³/mol. The molecule has 4 nitrogen and oxygen atoms in total. The molecular weight excluding hydrogens is 249 g/mol. The second kappa shape index (κ2) is 5.66. The van der Waals surface area contributed by atoms with Crippen molar-refractivity contribution in [3.8, 4) is 0 Å². The first kappa shape index (κ1) is 11.9. The van der Waals surface area contributed by atoms with Gasteiger partial charge in [-0.05, 0) is 18.8 Å². The van der Waals surface area contributed by atoms with Crippen LogP contribution in [0.1, 0.15) is 12.8 Å². The maximum Gasteiger partial charge on any atom is 0.174 e. The number of halogens is 2. The smallest absolute Gasteiger partial charge is 0.174 e. The number of anilines is 1. The van der Waals surface area contributed by atoms with Crippen LogP contribution in [0, 0.1) is 5.92 Å². The first-order valence-electron chi connectivity index (χ1n) is 5.26. The van der Waals surface area contributed by atoms with Crippen molar-refractivity contribution in [3.05, 3.63) is 16.4 Å². The summed E-state index contributed by atoms with van der Waals surface area (Å²) >= 11 is 11.5. The van der Waals surface area contributed by atoms with E-state index in [2.05, 4.69) is 15.5 Å². The highest BCUT2D eigenvalue weighted by Gasteiger charge is 2.20. The number of nitrogens with zero attached hydrogens (tertiary/aromatic N) is 2. The average molecular weight is 262 g/mol. The molecule has 16 heavy (non-hydrogen) atoms. The number of aromatic nitrogens is 2. The van der Waals surface area contributed by atoms with Crippen LogP contribution < -0.4 is 5.32 Å². The third-order valence-electron chi connectivity index (χ3n) is 2.33. The van der Waals surface area contributed by atoms with Gasteiger partial charge in [-0.1, -0.05) is 23.2 Å². The van der Waals surface area contributed by atoms with Crippen molar-refractivity contribution >= 4 is 28.9 Å². The summed E-state index contributed by atoms with van der Waals surface area (Å²) in [5.41, 5.74) is 0.691. The van der Waals surface area contributed by atoms with Gasteiger partial charge in [0.1, 0.15) is 0 Å². The van der Waals surface area contributed by atoms with E-state index in [9.17, 15) is 0 Å². The highest BCUT2D eigenvalue weighted by molar-refractivity contribution is 6.33. The lowest BCUT2D eigenvalue weighted by Gasteiger charge is -2.07. The minimum Gasteiger partial charge on any atom is -0.380 e. The van der Waals surface area contributed by atoms with E-state index in [4.69, 9.17) is 27.9 Å². The number of hydrogen-bond donors (Lipinski definition) is 1. The predicted octanol–water partition coefficient (Wildman–Crippen LogP) is 2.62. The van der Waals surface area contributed by atoms with Crippen molar-refractivity contribution in [3.63, 3.8) is 0 Å². The van der Waals surface area contributed by atoms with Crippen LogP contribution in [0.25, 0.3) is 0 Å². The third kappa shape index (κ3) is 3.77.